The summed E-state index contributed by atoms with van der Waals surface area (Å²) in [6.45, 7) is 1.71. The summed E-state index contributed by atoms with van der Waals surface area (Å²) in [6, 6.07) is 0.729. The van der Waals surface area contributed by atoms with Crippen LogP contribution in [0.15, 0.2) is 12.3 Å². The van der Waals surface area contributed by atoms with Crippen LogP contribution in [0, 0.1) is 10.1 Å². The molecule has 1 aromatic rings. The zero-order valence-electron chi connectivity index (χ0n) is 9.66. The van der Waals surface area contributed by atoms with Gasteiger partial charge in [0.2, 0.25) is 0 Å². The summed E-state index contributed by atoms with van der Waals surface area (Å²) in [5.74, 6) is -1.80. The van der Waals surface area contributed by atoms with Crippen molar-refractivity contribution >= 4 is 17.5 Å². The van der Waals surface area contributed by atoms with E-state index in [2.05, 4.69) is 10.3 Å². The van der Waals surface area contributed by atoms with Gasteiger partial charge in [0, 0.05) is 12.6 Å². The summed E-state index contributed by atoms with van der Waals surface area (Å²) in [5, 5.41) is 31.1. The predicted octanol–water partition coefficient (Wildman–Crippen LogP) is 0.871. The number of nitrogens with one attached hydrogen (secondary N) is 1. The van der Waals surface area contributed by atoms with Crippen molar-refractivity contribution in [2.45, 2.75) is 19.4 Å². The topological polar surface area (TPSA) is 126 Å². The van der Waals surface area contributed by atoms with Gasteiger partial charge in [0.15, 0.2) is 6.20 Å². The Hall–Kier alpha value is -2.22. The standard InChI is InChI=1S/C10H13N3O5/c1-6(2-3-14)12-8-5-11-9(13(17)18)4-7(8)10(15)16/h4-6,12,14H,2-3H2,1H3,(H,15,16). The summed E-state index contributed by atoms with van der Waals surface area (Å²) in [4.78, 5) is 24.3. The molecule has 0 aliphatic rings. The molecule has 0 spiro atoms. The highest BCUT2D eigenvalue weighted by Gasteiger charge is 2.19. The maximum absolute atomic E-state index is 11.0. The number of rotatable bonds is 6. The molecule has 0 aromatic carbocycles. The Morgan fingerprint density at radius 3 is 2.83 bits per heavy atom. The number of hydrogen-bond donors (Lipinski definition) is 3. The van der Waals surface area contributed by atoms with Crippen molar-refractivity contribution in [3.63, 3.8) is 0 Å². The van der Waals surface area contributed by atoms with E-state index in [1.165, 1.54) is 0 Å². The number of carboxylic acid groups (broad SMARTS) is 1. The van der Waals surface area contributed by atoms with E-state index in [-0.39, 0.29) is 23.9 Å². The minimum Gasteiger partial charge on any atom is -0.478 e. The normalized spacial score (nSPS) is 11.9. The van der Waals surface area contributed by atoms with Crippen LogP contribution in [0.3, 0.4) is 0 Å². The number of carbonyl (C=O) groups is 1. The highest BCUT2D eigenvalue weighted by atomic mass is 16.6. The average molecular weight is 255 g/mol. The first-order chi connectivity index (χ1) is 8.45. The minimum absolute atomic E-state index is 0.0447. The van der Waals surface area contributed by atoms with Crippen LogP contribution in [-0.2, 0) is 0 Å². The summed E-state index contributed by atoms with van der Waals surface area (Å²) in [7, 11) is 0. The average Bonchev–Trinajstić information content (AvgIpc) is 2.29. The van der Waals surface area contributed by atoms with Crippen LogP contribution >= 0.6 is 0 Å². The number of aliphatic hydroxyl groups is 1. The Labute approximate surface area is 102 Å². The summed E-state index contributed by atoms with van der Waals surface area (Å²) >= 11 is 0. The molecular weight excluding hydrogens is 242 g/mol. The van der Waals surface area contributed by atoms with E-state index in [9.17, 15) is 14.9 Å². The molecule has 0 aliphatic heterocycles. The first kappa shape index (κ1) is 13.8. The van der Waals surface area contributed by atoms with E-state index in [4.69, 9.17) is 10.2 Å². The van der Waals surface area contributed by atoms with Crippen LogP contribution < -0.4 is 5.32 Å². The van der Waals surface area contributed by atoms with Crippen molar-refractivity contribution in [3.05, 3.63) is 27.9 Å². The second-order valence-electron chi connectivity index (χ2n) is 3.71. The van der Waals surface area contributed by atoms with Gasteiger partial charge in [-0.2, -0.15) is 0 Å². The lowest BCUT2D eigenvalue weighted by molar-refractivity contribution is -0.389. The van der Waals surface area contributed by atoms with E-state index in [0.29, 0.717) is 6.42 Å². The van der Waals surface area contributed by atoms with Crippen molar-refractivity contribution < 1.29 is 19.9 Å². The van der Waals surface area contributed by atoms with Crippen LogP contribution in [0.5, 0.6) is 0 Å². The number of aromatic nitrogens is 1. The number of anilines is 1. The molecule has 1 rings (SSSR count). The first-order valence-corrected chi connectivity index (χ1v) is 5.20. The Kier molecular flexibility index (Phi) is 4.55. The van der Waals surface area contributed by atoms with Crippen molar-refractivity contribution in [1.82, 2.24) is 4.98 Å². The van der Waals surface area contributed by atoms with Crippen LogP contribution in [-0.4, -0.2) is 38.7 Å². The molecule has 0 saturated heterocycles. The Morgan fingerprint density at radius 1 is 1.67 bits per heavy atom. The molecule has 0 radical (unpaired) electrons. The van der Waals surface area contributed by atoms with Gasteiger partial charge in [-0.05, 0) is 23.3 Å². The van der Waals surface area contributed by atoms with E-state index >= 15 is 0 Å². The highest BCUT2D eigenvalue weighted by Crippen LogP contribution is 2.20. The summed E-state index contributed by atoms with van der Waals surface area (Å²) < 4.78 is 0. The number of pyridine rings is 1. The molecular formula is C10H13N3O5. The highest BCUT2D eigenvalue weighted by molar-refractivity contribution is 5.94. The van der Waals surface area contributed by atoms with Crippen LogP contribution in [0.1, 0.15) is 23.7 Å². The quantitative estimate of drug-likeness (QED) is 0.508. The smallest absolute Gasteiger partial charge is 0.364 e. The van der Waals surface area contributed by atoms with E-state index in [0.717, 1.165) is 12.3 Å². The zero-order valence-corrected chi connectivity index (χ0v) is 9.66. The number of nitro groups is 1. The number of nitrogens with zero attached hydrogens (tertiary/aromatic N) is 2. The van der Waals surface area contributed by atoms with Crippen molar-refractivity contribution in [3.8, 4) is 0 Å². The predicted molar refractivity (Wildman–Crippen MR) is 62.6 cm³/mol. The second-order valence-corrected chi connectivity index (χ2v) is 3.71. The molecule has 0 saturated carbocycles. The molecule has 3 N–H and O–H groups in total. The van der Waals surface area contributed by atoms with Gasteiger partial charge in [-0.1, -0.05) is 0 Å². The molecule has 1 heterocycles. The van der Waals surface area contributed by atoms with Gasteiger partial charge in [-0.3, -0.25) is 0 Å². The van der Waals surface area contributed by atoms with Gasteiger partial charge in [0.25, 0.3) is 0 Å². The maximum Gasteiger partial charge on any atom is 0.364 e. The summed E-state index contributed by atoms with van der Waals surface area (Å²) in [6.07, 6.45) is 1.53. The van der Waals surface area contributed by atoms with Gasteiger partial charge in [-0.25, -0.2) is 4.79 Å². The van der Waals surface area contributed by atoms with Crippen molar-refractivity contribution in [1.29, 1.82) is 0 Å². The first-order valence-electron chi connectivity index (χ1n) is 5.20. The van der Waals surface area contributed by atoms with Gasteiger partial charge in [0.1, 0.15) is 0 Å². The van der Waals surface area contributed by atoms with E-state index in [1.807, 2.05) is 0 Å². The number of aliphatic hydroxyl groups excluding tert-OH is 1. The lowest BCUT2D eigenvalue weighted by Crippen LogP contribution is -2.19. The van der Waals surface area contributed by atoms with Gasteiger partial charge in [-0.15, -0.1) is 0 Å². The van der Waals surface area contributed by atoms with E-state index in [1.54, 1.807) is 6.92 Å². The van der Waals surface area contributed by atoms with E-state index < -0.39 is 16.7 Å². The van der Waals surface area contributed by atoms with Gasteiger partial charge >= 0.3 is 11.8 Å². The fourth-order valence-electron chi connectivity index (χ4n) is 1.37. The molecule has 1 atom stereocenters. The molecule has 1 unspecified atom stereocenters. The van der Waals surface area contributed by atoms with Crippen molar-refractivity contribution in [2.75, 3.05) is 11.9 Å². The molecule has 98 valence electrons. The third-order valence-corrected chi connectivity index (χ3v) is 2.27. The van der Waals surface area contributed by atoms with Crippen LogP contribution in [0.4, 0.5) is 11.5 Å². The monoisotopic (exact) mass is 255 g/mol. The third-order valence-electron chi connectivity index (χ3n) is 2.27. The third kappa shape index (κ3) is 3.39. The lowest BCUT2D eigenvalue weighted by Gasteiger charge is -2.14. The van der Waals surface area contributed by atoms with Crippen molar-refractivity contribution in [2.24, 2.45) is 0 Å². The fraction of sp³-hybridized carbons (Fsp3) is 0.400. The molecule has 0 aliphatic carbocycles. The molecule has 0 fully saturated rings. The largest absolute Gasteiger partial charge is 0.478 e. The Bertz CT molecular complexity index is 463. The maximum atomic E-state index is 11.0. The molecule has 18 heavy (non-hydrogen) atoms. The van der Waals surface area contributed by atoms with Crippen LogP contribution in [0.25, 0.3) is 0 Å². The number of carboxylic acids is 1. The SMILES string of the molecule is CC(CCO)Nc1cnc([N+](=O)[O-])cc1C(=O)O. The zero-order chi connectivity index (χ0) is 13.7. The van der Waals surface area contributed by atoms with Crippen LogP contribution in [0.2, 0.25) is 0 Å². The molecule has 0 bridgehead atoms. The number of hydrogen-bond acceptors (Lipinski definition) is 6. The summed E-state index contributed by atoms with van der Waals surface area (Å²) in [5.41, 5.74) is -0.0319. The Morgan fingerprint density at radius 2 is 2.33 bits per heavy atom. The lowest BCUT2D eigenvalue weighted by atomic mass is 10.2. The number of aromatic carboxylic acids is 1. The van der Waals surface area contributed by atoms with Gasteiger partial charge in [0.05, 0.1) is 17.3 Å². The molecule has 1 aromatic heterocycles. The fourth-order valence-corrected chi connectivity index (χ4v) is 1.37. The second kappa shape index (κ2) is 5.92. The Balaban J connectivity index is 3.04. The molecule has 8 nitrogen and oxygen atoms in total. The van der Waals surface area contributed by atoms with Gasteiger partial charge < -0.3 is 25.6 Å². The molecule has 8 heteroatoms. The minimum atomic E-state index is -1.28. The molecule has 0 amide bonds.